The van der Waals surface area contributed by atoms with Crippen LogP contribution in [0.5, 0.6) is 0 Å². The number of alkyl halides is 3. The van der Waals surface area contributed by atoms with Crippen molar-refractivity contribution in [1.29, 1.82) is 0 Å². The number of rotatable bonds is 3. The van der Waals surface area contributed by atoms with Gasteiger partial charge in [-0.05, 0) is 35.8 Å². The summed E-state index contributed by atoms with van der Waals surface area (Å²) in [6.45, 7) is 2.27. The van der Waals surface area contributed by atoms with E-state index in [0.717, 1.165) is 12.0 Å². The van der Waals surface area contributed by atoms with Gasteiger partial charge in [0.2, 0.25) is 0 Å². The summed E-state index contributed by atoms with van der Waals surface area (Å²) >= 11 is 0. The molecule has 1 saturated carbocycles. The summed E-state index contributed by atoms with van der Waals surface area (Å²) in [6, 6.07) is 7.01. The molecule has 19 heavy (non-hydrogen) atoms. The molecule has 0 bridgehead atoms. The molecule has 0 saturated heterocycles. The zero-order chi connectivity index (χ0) is 13.9. The van der Waals surface area contributed by atoms with E-state index in [9.17, 15) is 13.2 Å². The van der Waals surface area contributed by atoms with E-state index >= 15 is 0 Å². The van der Waals surface area contributed by atoms with Crippen LogP contribution < -0.4 is 0 Å². The third kappa shape index (κ3) is 4.55. The molecule has 0 N–H and O–H groups in total. The Labute approximate surface area is 113 Å². The molecule has 0 heterocycles. The lowest BCUT2D eigenvalue weighted by atomic mass is 9.72. The number of halogens is 3. The second-order valence-electron chi connectivity index (χ2n) is 6.16. The van der Waals surface area contributed by atoms with Gasteiger partial charge < -0.3 is 0 Å². The minimum Gasteiger partial charge on any atom is -0.171 e. The van der Waals surface area contributed by atoms with Crippen LogP contribution in [-0.4, -0.2) is 6.18 Å². The predicted octanol–water partition coefficient (Wildman–Crippen LogP) is 5.30. The predicted molar refractivity (Wildman–Crippen MR) is 71.1 cm³/mol. The smallest absolute Gasteiger partial charge is 0.171 e. The lowest BCUT2D eigenvalue weighted by molar-refractivity contribution is -0.127. The van der Waals surface area contributed by atoms with Crippen LogP contribution in [0.15, 0.2) is 24.3 Å². The summed E-state index contributed by atoms with van der Waals surface area (Å²) in [5, 5.41) is 0. The third-order valence-electron chi connectivity index (χ3n) is 4.09. The second-order valence-corrected chi connectivity index (χ2v) is 6.16. The van der Waals surface area contributed by atoms with Crippen LogP contribution in [-0.2, 0) is 12.8 Å². The molecule has 0 amide bonds. The van der Waals surface area contributed by atoms with Crippen LogP contribution in [0.1, 0.15) is 50.2 Å². The van der Waals surface area contributed by atoms with Crippen molar-refractivity contribution < 1.29 is 13.2 Å². The fraction of sp³-hybridized carbons (Fsp3) is 0.625. The summed E-state index contributed by atoms with van der Waals surface area (Å²) in [5.74, 6) is 0. The van der Waals surface area contributed by atoms with Crippen molar-refractivity contribution in [1.82, 2.24) is 0 Å². The number of benzene rings is 1. The highest BCUT2D eigenvalue weighted by molar-refractivity contribution is 5.25. The van der Waals surface area contributed by atoms with Crippen molar-refractivity contribution in [2.75, 3.05) is 0 Å². The van der Waals surface area contributed by atoms with E-state index in [1.807, 2.05) is 6.07 Å². The number of hydrogen-bond acceptors (Lipinski definition) is 0. The minimum absolute atomic E-state index is 0.273. The van der Waals surface area contributed by atoms with Crippen LogP contribution in [0, 0.1) is 5.41 Å². The fourth-order valence-electron chi connectivity index (χ4n) is 3.16. The standard InChI is InChI=1S/C16H21F3/c1-15(8-3-2-4-9-15)11-13-6-5-7-14(10-13)12-16(17,18)19/h5-7,10H,2-4,8-9,11-12H2,1H3. The normalized spacial score (nSPS) is 19.4. The molecule has 0 spiro atoms. The zero-order valence-electron chi connectivity index (χ0n) is 11.4. The van der Waals surface area contributed by atoms with Crippen LogP contribution in [0.25, 0.3) is 0 Å². The molecule has 0 aromatic heterocycles. The van der Waals surface area contributed by atoms with Crippen LogP contribution in [0.3, 0.4) is 0 Å². The van der Waals surface area contributed by atoms with Gasteiger partial charge in [-0.2, -0.15) is 13.2 Å². The van der Waals surface area contributed by atoms with Crippen LogP contribution >= 0.6 is 0 Å². The molecule has 1 aliphatic rings. The molecule has 0 nitrogen and oxygen atoms in total. The molecule has 1 aliphatic carbocycles. The lowest BCUT2D eigenvalue weighted by Gasteiger charge is -2.33. The molecule has 1 aromatic rings. The van der Waals surface area contributed by atoms with E-state index < -0.39 is 12.6 Å². The van der Waals surface area contributed by atoms with Crippen molar-refractivity contribution >= 4 is 0 Å². The van der Waals surface area contributed by atoms with Gasteiger partial charge >= 0.3 is 6.18 Å². The Morgan fingerprint density at radius 3 is 2.32 bits per heavy atom. The quantitative estimate of drug-likeness (QED) is 0.698. The Morgan fingerprint density at radius 1 is 1.05 bits per heavy atom. The Bertz CT molecular complexity index is 414. The van der Waals surface area contributed by atoms with Gasteiger partial charge in [-0.3, -0.25) is 0 Å². The first-order chi connectivity index (χ1) is 8.86. The highest BCUT2D eigenvalue weighted by atomic mass is 19.4. The first-order valence-corrected chi connectivity index (χ1v) is 7.01. The third-order valence-corrected chi connectivity index (χ3v) is 4.09. The van der Waals surface area contributed by atoms with Crippen LogP contribution in [0.4, 0.5) is 13.2 Å². The van der Waals surface area contributed by atoms with E-state index in [1.54, 1.807) is 18.2 Å². The lowest BCUT2D eigenvalue weighted by Crippen LogP contribution is -2.23. The largest absolute Gasteiger partial charge is 0.393 e. The van der Waals surface area contributed by atoms with Gasteiger partial charge in [-0.15, -0.1) is 0 Å². The summed E-state index contributed by atoms with van der Waals surface area (Å²) in [5.41, 5.74) is 1.70. The maximum Gasteiger partial charge on any atom is 0.393 e. The molecule has 0 unspecified atom stereocenters. The zero-order valence-corrected chi connectivity index (χ0v) is 11.4. The molecule has 0 atom stereocenters. The Hall–Kier alpha value is -0.990. The SMILES string of the molecule is CC1(Cc2cccc(CC(F)(F)F)c2)CCCCC1. The molecule has 0 radical (unpaired) electrons. The molecule has 1 aromatic carbocycles. The fourth-order valence-corrected chi connectivity index (χ4v) is 3.16. The molecule has 0 aliphatic heterocycles. The van der Waals surface area contributed by atoms with Gasteiger partial charge in [0.15, 0.2) is 0 Å². The molecule has 1 fully saturated rings. The summed E-state index contributed by atoms with van der Waals surface area (Å²) in [7, 11) is 0. The van der Waals surface area contributed by atoms with Crippen molar-refractivity contribution in [3.63, 3.8) is 0 Å². The topological polar surface area (TPSA) is 0 Å². The molecule has 2 rings (SSSR count). The van der Waals surface area contributed by atoms with Gasteiger partial charge in [0.1, 0.15) is 0 Å². The Morgan fingerprint density at radius 2 is 1.68 bits per heavy atom. The molecular formula is C16H21F3. The Balaban J connectivity index is 2.06. The monoisotopic (exact) mass is 270 g/mol. The van der Waals surface area contributed by atoms with E-state index in [2.05, 4.69) is 6.92 Å². The molecular weight excluding hydrogens is 249 g/mol. The van der Waals surface area contributed by atoms with E-state index in [4.69, 9.17) is 0 Å². The summed E-state index contributed by atoms with van der Waals surface area (Å²) in [6.07, 6.45) is 2.14. The summed E-state index contributed by atoms with van der Waals surface area (Å²) in [4.78, 5) is 0. The van der Waals surface area contributed by atoms with Crippen molar-refractivity contribution in [3.8, 4) is 0 Å². The maximum absolute atomic E-state index is 12.4. The first kappa shape index (κ1) is 14.4. The minimum atomic E-state index is -4.12. The van der Waals surface area contributed by atoms with Gasteiger partial charge in [0.05, 0.1) is 6.42 Å². The van der Waals surface area contributed by atoms with Crippen LogP contribution in [0.2, 0.25) is 0 Å². The second kappa shape index (κ2) is 5.56. The highest BCUT2D eigenvalue weighted by Gasteiger charge is 2.29. The Kier molecular flexibility index (Phi) is 4.22. The van der Waals surface area contributed by atoms with Gasteiger partial charge in [-0.1, -0.05) is 50.5 Å². The van der Waals surface area contributed by atoms with Gasteiger partial charge in [0.25, 0.3) is 0 Å². The van der Waals surface area contributed by atoms with E-state index in [1.165, 1.54) is 32.1 Å². The van der Waals surface area contributed by atoms with Gasteiger partial charge in [0, 0.05) is 0 Å². The summed E-state index contributed by atoms with van der Waals surface area (Å²) < 4.78 is 37.2. The van der Waals surface area contributed by atoms with E-state index in [0.29, 0.717) is 5.56 Å². The molecule has 106 valence electrons. The maximum atomic E-state index is 12.4. The van der Waals surface area contributed by atoms with Crippen molar-refractivity contribution in [3.05, 3.63) is 35.4 Å². The van der Waals surface area contributed by atoms with Crippen molar-refractivity contribution in [2.45, 2.75) is 58.0 Å². The van der Waals surface area contributed by atoms with Gasteiger partial charge in [-0.25, -0.2) is 0 Å². The molecule has 3 heteroatoms. The average molecular weight is 270 g/mol. The average Bonchev–Trinajstić information content (AvgIpc) is 2.27. The van der Waals surface area contributed by atoms with E-state index in [-0.39, 0.29) is 5.41 Å². The first-order valence-electron chi connectivity index (χ1n) is 7.01. The van der Waals surface area contributed by atoms with Crippen molar-refractivity contribution in [2.24, 2.45) is 5.41 Å². The number of hydrogen-bond donors (Lipinski definition) is 0. The highest BCUT2D eigenvalue weighted by Crippen LogP contribution is 2.38.